The smallest absolute Gasteiger partial charge is 0.0320 e. The first-order valence-electron chi connectivity index (χ1n) is 4.62. The maximum absolute atomic E-state index is 5.72. The molecular formula is C11H16Cl2N2. The molecule has 0 radical (unpaired) electrons. The minimum Gasteiger partial charge on any atom is -0.399 e. The van der Waals surface area contributed by atoms with Crippen LogP contribution in [-0.2, 0) is 0 Å². The normalized spacial score (nSPS) is 14.5. The highest BCUT2D eigenvalue weighted by molar-refractivity contribution is 5.85. The molecule has 1 aromatic rings. The lowest BCUT2D eigenvalue weighted by Gasteiger charge is -2.14. The van der Waals surface area contributed by atoms with Gasteiger partial charge in [0, 0.05) is 12.2 Å². The van der Waals surface area contributed by atoms with Gasteiger partial charge in [-0.1, -0.05) is 18.2 Å². The fraction of sp³-hybridized carbons (Fsp3) is 0.273. The van der Waals surface area contributed by atoms with E-state index in [1.807, 2.05) is 18.2 Å². The van der Waals surface area contributed by atoms with Gasteiger partial charge in [-0.2, -0.15) is 0 Å². The largest absolute Gasteiger partial charge is 0.399 e. The fourth-order valence-corrected chi connectivity index (χ4v) is 1.62. The first kappa shape index (κ1) is 14.3. The predicted molar refractivity (Wildman–Crippen MR) is 70.8 cm³/mol. The van der Waals surface area contributed by atoms with Crippen molar-refractivity contribution in [1.29, 1.82) is 0 Å². The summed E-state index contributed by atoms with van der Waals surface area (Å²) < 4.78 is 0. The van der Waals surface area contributed by atoms with Crippen molar-refractivity contribution in [3.63, 3.8) is 0 Å². The Balaban J connectivity index is 0.000000980. The molecule has 0 amide bonds. The van der Waals surface area contributed by atoms with Crippen LogP contribution in [0.25, 0.3) is 5.57 Å². The number of rotatable bonds is 1. The minimum atomic E-state index is 0. The number of hydrogen-bond acceptors (Lipinski definition) is 2. The van der Waals surface area contributed by atoms with Gasteiger partial charge < -0.3 is 11.1 Å². The van der Waals surface area contributed by atoms with Crippen molar-refractivity contribution in [2.24, 2.45) is 0 Å². The summed E-state index contributed by atoms with van der Waals surface area (Å²) in [5, 5.41) is 3.29. The molecule has 4 heteroatoms. The van der Waals surface area contributed by atoms with E-state index < -0.39 is 0 Å². The standard InChI is InChI=1S/C11H14N2.2ClH/c12-11-3-1-2-10(8-11)9-4-6-13-7-5-9;;/h1-4,8,13H,5-7,12H2;2*1H. The maximum Gasteiger partial charge on any atom is 0.0320 e. The zero-order chi connectivity index (χ0) is 9.10. The lowest BCUT2D eigenvalue weighted by Crippen LogP contribution is -2.20. The molecule has 1 aromatic carbocycles. The van der Waals surface area contributed by atoms with Gasteiger partial charge in [-0.3, -0.25) is 0 Å². The van der Waals surface area contributed by atoms with Gasteiger partial charge in [0.15, 0.2) is 0 Å². The van der Waals surface area contributed by atoms with Gasteiger partial charge in [0.25, 0.3) is 0 Å². The van der Waals surface area contributed by atoms with E-state index in [1.54, 1.807) is 0 Å². The molecule has 0 aromatic heterocycles. The zero-order valence-corrected chi connectivity index (χ0v) is 10.0. The second-order valence-electron chi connectivity index (χ2n) is 3.31. The van der Waals surface area contributed by atoms with E-state index in [-0.39, 0.29) is 24.8 Å². The Labute approximate surface area is 103 Å². The number of halogens is 2. The van der Waals surface area contributed by atoms with Gasteiger partial charge in [-0.05, 0) is 36.2 Å². The summed E-state index contributed by atoms with van der Waals surface area (Å²) in [6.07, 6.45) is 3.34. The molecule has 2 rings (SSSR count). The number of nitrogens with one attached hydrogen (secondary N) is 1. The Morgan fingerprint density at radius 2 is 2.00 bits per heavy atom. The quantitative estimate of drug-likeness (QED) is 0.748. The fourth-order valence-electron chi connectivity index (χ4n) is 1.62. The average Bonchev–Trinajstić information content (AvgIpc) is 2.19. The summed E-state index contributed by atoms with van der Waals surface area (Å²) in [5.41, 5.74) is 9.24. The van der Waals surface area contributed by atoms with Crippen LogP contribution < -0.4 is 11.1 Å². The SMILES string of the molecule is Cl.Cl.Nc1cccc(C2=CCNCC2)c1. The van der Waals surface area contributed by atoms with Crippen molar-refractivity contribution in [3.8, 4) is 0 Å². The molecule has 2 nitrogen and oxygen atoms in total. The van der Waals surface area contributed by atoms with E-state index in [4.69, 9.17) is 5.73 Å². The summed E-state index contributed by atoms with van der Waals surface area (Å²) in [7, 11) is 0. The molecule has 0 fully saturated rings. The summed E-state index contributed by atoms with van der Waals surface area (Å²) in [5.74, 6) is 0. The molecule has 1 heterocycles. The van der Waals surface area contributed by atoms with Crippen LogP contribution in [-0.4, -0.2) is 13.1 Å². The van der Waals surface area contributed by atoms with Crippen molar-refractivity contribution in [3.05, 3.63) is 35.9 Å². The Bertz CT molecular complexity index is 337. The highest BCUT2D eigenvalue weighted by Gasteiger charge is 2.04. The van der Waals surface area contributed by atoms with E-state index in [9.17, 15) is 0 Å². The van der Waals surface area contributed by atoms with E-state index >= 15 is 0 Å². The third-order valence-corrected chi connectivity index (χ3v) is 2.32. The van der Waals surface area contributed by atoms with E-state index in [1.165, 1.54) is 11.1 Å². The van der Waals surface area contributed by atoms with Crippen LogP contribution in [0.15, 0.2) is 30.3 Å². The second kappa shape index (κ2) is 6.72. The molecule has 0 saturated carbocycles. The van der Waals surface area contributed by atoms with Crippen molar-refractivity contribution in [1.82, 2.24) is 5.32 Å². The molecule has 0 unspecified atom stereocenters. The average molecular weight is 247 g/mol. The van der Waals surface area contributed by atoms with Crippen LogP contribution in [0.1, 0.15) is 12.0 Å². The summed E-state index contributed by atoms with van der Waals surface area (Å²) in [6.45, 7) is 2.05. The summed E-state index contributed by atoms with van der Waals surface area (Å²) >= 11 is 0. The van der Waals surface area contributed by atoms with Crippen molar-refractivity contribution < 1.29 is 0 Å². The number of anilines is 1. The van der Waals surface area contributed by atoms with E-state index in [0.717, 1.165) is 25.2 Å². The van der Waals surface area contributed by atoms with Crippen LogP contribution >= 0.6 is 24.8 Å². The zero-order valence-electron chi connectivity index (χ0n) is 8.40. The van der Waals surface area contributed by atoms with Crippen LogP contribution in [0, 0.1) is 0 Å². The molecule has 0 saturated heterocycles. The van der Waals surface area contributed by atoms with Crippen molar-refractivity contribution >= 4 is 36.1 Å². The molecule has 0 spiro atoms. The van der Waals surface area contributed by atoms with Gasteiger partial charge in [-0.15, -0.1) is 24.8 Å². The lowest BCUT2D eigenvalue weighted by atomic mass is 10.00. The molecule has 1 aliphatic rings. The molecule has 1 aliphatic heterocycles. The predicted octanol–water partition coefficient (Wildman–Crippen LogP) is 2.49. The van der Waals surface area contributed by atoms with Crippen molar-refractivity contribution in [2.75, 3.05) is 18.8 Å². The van der Waals surface area contributed by atoms with Crippen molar-refractivity contribution in [2.45, 2.75) is 6.42 Å². The summed E-state index contributed by atoms with van der Waals surface area (Å²) in [4.78, 5) is 0. The molecule has 0 aliphatic carbocycles. The number of benzene rings is 1. The highest BCUT2D eigenvalue weighted by atomic mass is 35.5. The number of hydrogen-bond donors (Lipinski definition) is 2. The van der Waals surface area contributed by atoms with E-state index in [2.05, 4.69) is 17.5 Å². The Morgan fingerprint density at radius 1 is 1.20 bits per heavy atom. The van der Waals surface area contributed by atoms with Crippen LogP contribution in [0.5, 0.6) is 0 Å². The summed E-state index contributed by atoms with van der Waals surface area (Å²) in [6, 6.07) is 8.09. The first-order valence-corrected chi connectivity index (χ1v) is 4.62. The van der Waals surface area contributed by atoms with Crippen LogP contribution in [0.2, 0.25) is 0 Å². The van der Waals surface area contributed by atoms with Gasteiger partial charge in [0.2, 0.25) is 0 Å². The first-order chi connectivity index (χ1) is 6.36. The topological polar surface area (TPSA) is 38.0 Å². The van der Waals surface area contributed by atoms with Gasteiger partial charge in [0.1, 0.15) is 0 Å². The second-order valence-corrected chi connectivity index (χ2v) is 3.31. The van der Waals surface area contributed by atoms with Crippen LogP contribution in [0.3, 0.4) is 0 Å². The minimum absolute atomic E-state index is 0. The Hall–Kier alpha value is -0.700. The third kappa shape index (κ3) is 3.74. The molecule has 3 N–H and O–H groups in total. The Morgan fingerprint density at radius 3 is 2.60 bits per heavy atom. The molecular weight excluding hydrogens is 231 g/mol. The monoisotopic (exact) mass is 246 g/mol. The number of nitrogen functional groups attached to an aromatic ring is 1. The third-order valence-electron chi connectivity index (χ3n) is 2.32. The van der Waals surface area contributed by atoms with Gasteiger partial charge >= 0.3 is 0 Å². The van der Waals surface area contributed by atoms with Gasteiger partial charge in [0.05, 0.1) is 0 Å². The number of nitrogens with two attached hydrogens (primary N) is 1. The maximum atomic E-state index is 5.72. The van der Waals surface area contributed by atoms with Crippen LogP contribution in [0.4, 0.5) is 5.69 Å². The van der Waals surface area contributed by atoms with E-state index in [0.29, 0.717) is 0 Å². The molecule has 0 bridgehead atoms. The Kier molecular flexibility index (Phi) is 6.41. The molecule has 15 heavy (non-hydrogen) atoms. The van der Waals surface area contributed by atoms with Gasteiger partial charge in [-0.25, -0.2) is 0 Å². The molecule has 84 valence electrons. The molecule has 0 atom stereocenters. The lowest BCUT2D eigenvalue weighted by molar-refractivity contribution is 0.738. The highest BCUT2D eigenvalue weighted by Crippen LogP contribution is 2.20.